The molecule has 0 aromatic carbocycles. The molecule has 0 bridgehead atoms. The lowest BCUT2D eigenvalue weighted by Crippen LogP contribution is -2.11. The number of halogens is 1. The molecule has 0 saturated carbocycles. The van der Waals surface area contributed by atoms with E-state index in [1.54, 1.807) is 0 Å². The summed E-state index contributed by atoms with van der Waals surface area (Å²) in [7, 11) is 0. The van der Waals surface area contributed by atoms with Crippen molar-refractivity contribution in [3.8, 4) is 0 Å². The van der Waals surface area contributed by atoms with Crippen LogP contribution in [0.15, 0.2) is 4.52 Å². The van der Waals surface area contributed by atoms with Gasteiger partial charge in [0.25, 0.3) is 0 Å². The first-order valence-corrected chi connectivity index (χ1v) is 4.11. The Morgan fingerprint density at radius 1 is 1.42 bits per heavy atom. The third kappa shape index (κ3) is 1.49. The van der Waals surface area contributed by atoms with Gasteiger partial charge in [-0.15, -0.1) is 0 Å². The molecule has 3 heteroatoms. The summed E-state index contributed by atoms with van der Waals surface area (Å²) in [4.78, 5) is 0. The summed E-state index contributed by atoms with van der Waals surface area (Å²) in [6, 6.07) is 0. The van der Waals surface area contributed by atoms with E-state index in [4.69, 9.17) is 4.52 Å². The van der Waals surface area contributed by atoms with E-state index in [9.17, 15) is 4.39 Å². The van der Waals surface area contributed by atoms with Gasteiger partial charge in [0, 0.05) is 5.41 Å². The molecule has 1 heterocycles. The van der Waals surface area contributed by atoms with Gasteiger partial charge < -0.3 is 4.52 Å². The highest BCUT2D eigenvalue weighted by Crippen LogP contribution is 2.26. The lowest BCUT2D eigenvalue weighted by atomic mass is 9.92. The average Bonchev–Trinajstić information content (AvgIpc) is 2.29. The highest BCUT2D eigenvalue weighted by atomic mass is 19.1. The van der Waals surface area contributed by atoms with Crippen molar-refractivity contribution < 1.29 is 8.91 Å². The van der Waals surface area contributed by atoms with Gasteiger partial charge in [0.05, 0.1) is 0 Å². The van der Waals surface area contributed by atoms with Crippen molar-refractivity contribution in [1.29, 1.82) is 0 Å². The van der Waals surface area contributed by atoms with E-state index in [2.05, 4.69) is 5.16 Å². The molecule has 1 rings (SSSR count). The van der Waals surface area contributed by atoms with Gasteiger partial charge >= 0.3 is 0 Å². The predicted octanol–water partition coefficient (Wildman–Crippen LogP) is 2.67. The average molecular weight is 171 g/mol. The SMILES string of the molecule is CCc1noc(C(C)(C)C)c1F. The van der Waals surface area contributed by atoms with Crippen LogP contribution in [0.5, 0.6) is 0 Å². The largest absolute Gasteiger partial charge is 0.357 e. The Bertz CT molecular complexity index is 273. The van der Waals surface area contributed by atoms with Crippen LogP contribution in [0, 0.1) is 5.82 Å². The Balaban J connectivity index is 3.11. The Hall–Kier alpha value is -0.860. The minimum atomic E-state index is -0.301. The van der Waals surface area contributed by atoms with Crippen molar-refractivity contribution >= 4 is 0 Å². The van der Waals surface area contributed by atoms with Crippen LogP contribution >= 0.6 is 0 Å². The van der Waals surface area contributed by atoms with Crippen LogP contribution < -0.4 is 0 Å². The molecule has 0 radical (unpaired) electrons. The third-order valence-corrected chi connectivity index (χ3v) is 1.72. The Kier molecular flexibility index (Phi) is 2.22. The first-order chi connectivity index (χ1) is 5.46. The predicted molar refractivity (Wildman–Crippen MR) is 44.5 cm³/mol. The van der Waals surface area contributed by atoms with Crippen molar-refractivity contribution in [2.24, 2.45) is 0 Å². The summed E-state index contributed by atoms with van der Waals surface area (Å²) in [5.74, 6) is 0.0596. The molecule has 1 aromatic heterocycles. The molecule has 0 aliphatic rings. The van der Waals surface area contributed by atoms with Gasteiger partial charge in [0.1, 0.15) is 5.69 Å². The highest BCUT2D eigenvalue weighted by molar-refractivity contribution is 5.16. The first-order valence-electron chi connectivity index (χ1n) is 4.11. The monoisotopic (exact) mass is 171 g/mol. The molecular weight excluding hydrogens is 157 g/mol. The van der Waals surface area contributed by atoms with E-state index >= 15 is 0 Å². The zero-order valence-corrected chi connectivity index (χ0v) is 7.94. The van der Waals surface area contributed by atoms with Gasteiger partial charge in [-0.25, -0.2) is 4.39 Å². The van der Waals surface area contributed by atoms with Gasteiger partial charge in [-0.2, -0.15) is 0 Å². The number of aryl methyl sites for hydroxylation is 1. The third-order valence-electron chi connectivity index (χ3n) is 1.72. The van der Waals surface area contributed by atoms with Crippen molar-refractivity contribution in [2.75, 3.05) is 0 Å². The lowest BCUT2D eigenvalue weighted by Gasteiger charge is -2.12. The topological polar surface area (TPSA) is 26.0 Å². The zero-order valence-electron chi connectivity index (χ0n) is 7.94. The van der Waals surface area contributed by atoms with Gasteiger partial charge in [-0.3, -0.25) is 0 Å². The van der Waals surface area contributed by atoms with Crippen LogP contribution in [-0.2, 0) is 11.8 Å². The summed E-state index contributed by atoms with van der Waals surface area (Å²) in [5.41, 5.74) is 0.116. The fourth-order valence-electron chi connectivity index (χ4n) is 0.998. The first kappa shape index (κ1) is 9.23. The summed E-state index contributed by atoms with van der Waals surface area (Å²) in [6.07, 6.45) is 0.575. The molecule has 0 fully saturated rings. The number of aromatic nitrogens is 1. The van der Waals surface area contributed by atoms with E-state index in [1.165, 1.54) is 0 Å². The molecule has 0 amide bonds. The minimum absolute atomic E-state index is 0.287. The van der Waals surface area contributed by atoms with Crippen LogP contribution in [-0.4, -0.2) is 5.16 Å². The normalized spacial score (nSPS) is 12.1. The smallest absolute Gasteiger partial charge is 0.189 e. The fraction of sp³-hybridized carbons (Fsp3) is 0.667. The Morgan fingerprint density at radius 2 is 2.00 bits per heavy atom. The van der Waals surface area contributed by atoms with Gasteiger partial charge in [-0.1, -0.05) is 32.9 Å². The minimum Gasteiger partial charge on any atom is -0.357 e. The van der Waals surface area contributed by atoms with E-state index in [-0.39, 0.29) is 11.2 Å². The van der Waals surface area contributed by atoms with E-state index in [1.807, 2.05) is 27.7 Å². The van der Waals surface area contributed by atoms with Gasteiger partial charge in [-0.05, 0) is 6.42 Å². The Morgan fingerprint density at radius 3 is 2.25 bits per heavy atom. The quantitative estimate of drug-likeness (QED) is 0.649. The molecule has 0 saturated heterocycles. The van der Waals surface area contributed by atoms with Crippen molar-refractivity contribution in [3.63, 3.8) is 0 Å². The van der Waals surface area contributed by atoms with Crippen LogP contribution in [0.1, 0.15) is 39.1 Å². The van der Waals surface area contributed by atoms with Crippen LogP contribution in [0.4, 0.5) is 4.39 Å². The fourth-order valence-corrected chi connectivity index (χ4v) is 0.998. The summed E-state index contributed by atoms with van der Waals surface area (Å²) >= 11 is 0. The Labute approximate surface area is 71.8 Å². The summed E-state index contributed by atoms with van der Waals surface area (Å²) in [5, 5.41) is 3.65. The number of hydrogen-bond donors (Lipinski definition) is 0. The number of hydrogen-bond acceptors (Lipinski definition) is 2. The number of nitrogens with zero attached hydrogens (tertiary/aromatic N) is 1. The molecule has 0 atom stereocenters. The molecule has 0 aliphatic carbocycles. The number of rotatable bonds is 1. The van der Waals surface area contributed by atoms with E-state index < -0.39 is 0 Å². The van der Waals surface area contributed by atoms with Crippen LogP contribution in [0.25, 0.3) is 0 Å². The molecule has 0 N–H and O–H groups in total. The molecular formula is C9H14FNO. The van der Waals surface area contributed by atoms with Gasteiger partial charge in [0.2, 0.25) is 0 Å². The van der Waals surface area contributed by atoms with Crippen molar-refractivity contribution in [3.05, 3.63) is 17.3 Å². The molecule has 68 valence electrons. The van der Waals surface area contributed by atoms with Crippen molar-refractivity contribution in [1.82, 2.24) is 5.16 Å². The summed E-state index contributed by atoms with van der Waals surface area (Å²) < 4.78 is 18.3. The molecule has 12 heavy (non-hydrogen) atoms. The highest BCUT2D eigenvalue weighted by Gasteiger charge is 2.26. The second kappa shape index (κ2) is 2.88. The maximum Gasteiger partial charge on any atom is 0.189 e. The van der Waals surface area contributed by atoms with Crippen molar-refractivity contribution in [2.45, 2.75) is 39.5 Å². The maximum atomic E-state index is 13.4. The lowest BCUT2D eigenvalue weighted by molar-refractivity contribution is 0.315. The maximum absolute atomic E-state index is 13.4. The zero-order chi connectivity index (χ0) is 9.35. The molecule has 0 aliphatic heterocycles. The van der Waals surface area contributed by atoms with E-state index in [0.29, 0.717) is 17.9 Å². The summed E-state index contributed by atoms with van der Waals surface area (Å²) in [6.45, 7) is 7.55. The standard InChI is InChI=1S/C9H14FNO/c1-5-6-7(10)8(12-11-6)9(2,3)4/h5H2,1-4H3. The molecule has 1 aromatic rings. The molecule has 0 spiro atoms. The van der Waals surface area contributed by atoms with Gasteiger partial charge in [0.15, 0.2) is 11.6 Å². The van der Waals surface area contributed by atoms with E-state index in [0.717, 1.165) is 0 Å². The second-order valence-corrected chi connectivity index (χ2v) is 3.88. The van der Waals surface area contributed by atoms with Crippen LogP contribution in [0.3, 0.4) is 0 Å². The van der Waals surface area contributed by atoms with Crippen LogP contribution in [0.2, 0.25) is 0 Å². The molecule has 2 nitrogen and oxygen atoms in total. The second-order valence-electron chi connectivity index (χ2n) is 3.88. The molecule has 0 unspecified atom stereocenters.